The van der Waals surface area contributed by atoms with Gasteiger partial charge in [0.25, 0.3) is 0 Å². The van der Waals surface area contributed by atoms with Crippen molar-refractivity contribution in [2.75, 3.05) is 0 Å². The second-order valence-electron chi connectivity index (χ2n) is 2.22. The summed E-state index contributed by atoms with van der Waals surface area (Å²) in [5, 5.41) is 18.4. The number of rotatable bonds is 8. The Kier molecular flexibility index (Phi) is 5.41. The van der Waals surface area contributed by atoms with E-state index in [0.717, 1.165) is 12.2 Å². The fourth-order valence-corrected chi connectivity index (χ4v) is 0.643. The lowest BCUT2D eigenvalue weighted by Gasteiger charge is -2.15. The molecule has 0 rings (SSSR count). The summed E-state index contributed by atoms with van der Waals surface area (Å²) in [4.78, 5) is 20.1. The van der Waals surface area contributed by atoms with Gasteiger partial charge in [-0.15, -0.1) is 10.9 Å². The predicted molar refractivity (Wildman–Crippen MR) is 49.3 cm³/mol. The van der Waals surface area contributed by atoms with Gasteiger partial charge in [-0.3, -0.25) is 0 Å². The largest absolute Gasteiger partial charge is 0.317 e. The van der Waals surface area contributed by atoms with Gasteiger partial charge in [-0.25, -0.2) is 20.2 Å². The van der Waals surface area contributed by atoms with Gasteiger partial charge < -0.3 is 4.74 Å². The summed E-state index contributed by atoms with van der Waals surface area (Å²) in [5.41, 5.74) is 3.48. The highest BCUT2D eigenvalue weighted by Crippen LogP contribution is 1.96. The molecule has 9 nitrogen and oxygen atoms in total. The van der Waals surface area contributed by atoms with E-state index in [1.165, 1.54) is 0 Å². The highest BCUT2D eigenvalue weighted by atomic mass is 16.7. The van der Waals surface area contributed by atoms with Crippen LogP contribution in [0, 0.1) is 20.2 Å². The van der Waals surface area contributed by atoms with E-state index in [1.807, 2.05) is 0 Å². The number of ether oxygens (including phenoxy) is 1. The minimum atomic E-state index is -1.16. The zero-order chi connectivity index (χ0) is 11.8. The monoisotopic (exact) mass is 218 g/mol. The molecule has 2 unspecified atom stereocenters. The number of nitro groups is 2. The number of nitrogens with zero attached hydrogens (tertiary/aromatic N) is 2. The van der Waals surface area contributed by atoms with Gasteiger partial charge in [0.1, 0.15) is 0 Å². The normalized spacial score (nSPS) is 13.3. The summed E-state index contributed by atoms with van der Waals surface area (Å²) in [6.45, 7) is 6.51. The summed E-state index contributed by atoms with van der Waals surface area (Å²) in [6.07, 6.45) is -0.145. The molecule has 9 heteroatoms. The lowest BCUT2D eigenvalue weighted by atomic mass is 10.5. The molecule has 0 aliphatic heterocycles. The second kappa shape index (κ2) is 6.32. The summed E-state index contributed by atoms with van der Waals surface area (Å²) < 4.78 is 4.83. The van der Waals surface area contributed by atoms with Crippen molar-refractivity contribution in [3.63, 3.8) is 0 Å². The van der Waals surface area contributed by atoms with Crippen molar-refractivity contribution in [3.8, 4) is 0 Å². The van der Waals surface area contributed by atoms with E-state index >= 15 is 0 Å². The molecule has 0 heterocycles. The number of nitrogens with one attached hydrogen (secondary N) is 2. The molecular formula is C6H10N4O5. The van der Waals surface area contributed by atoms with Gasteiger partial charge in [-0.1, -0.05) is 13.2 Å². The zero-order valence-electron chi connectivity index (χ0n) is 7.66. The van der Waals surface area contributed by atoms with Gasteiger partial charge in [0.05, 0.1) is 0 Å². The maximum absolute atomic E-state index is 10.0. The molecular weight excluding hydrogens is 208 g/mol. The topological polar surface area (TPSA) is 120 Å². The van der Waals surface area contributed by atoms with Gasteiger partial charge in [-0.05, 0) is 12.2 Å². The molecule has 0 aromatic rings. The Morgan fingerprint density at radius 1 is 1.07 bits per heavy atom. The third kappa shape index (κ3) is 5.99. The van der Waals surface area contributed by atoms with Crippen molar-refractivity contribution < 1.29 is 14.8 Å². The lowest BCUT2D eigenvalue weighted by molar-refractivity contribution is -0.573. The van der Waals surface area contributed by atoms with Crippen LogP contribution in [0.2, 0.25) is 0 Å². The van der Waals surface area contributed by atoms with Gasteiger partial charge >= 0.3 is 0 Å². The maximum atomic E-state index is 10.0. The third-order valence-electron chi connectivity index (χ3n) is 1.19. The van der Waals surface area contributed by atoms with Crippen LogP contribution in [-0.2, 0) is 4.74 Å². The first-order valence-corrected chi connectivity index (χ1v) is 3.71. The minimum Gasteiger partial charge on any atom is -0.317 e. The standard InChI is InChI=1S/C6H10N4O5/c1-3-5(7-9(11)12)15-6(4-2)8-10(13)14/h3-8H,1-2H2. The average molecular weight is 218 g/mol. The Morgan fingerprint density at radius 3 is 1.60 bits per heavy atom. The lowest BCUT2D eigenvalue weighted by Crippen LogP contribution is -2.43. The molecule has 0 bridgehead atoms. The van der Waals surface area contributed by atoms with Crippen LogP contribution in [0.3, 0.4) is 0 Å². The van der Waals surface area contributed by atoms with E-state index in [4.69, 9.17) is 4.74 Å². The maximum Gasteiger partial charge on any atom is 0.205 e. The van der Waals surface area contributed by atoms with Gasteiger partial charge in [0, 0.05) is 0 Å². The van der Waals surface area contributed by atoms with Crippen LogP contribution in [0.1, 0.15) is 0 Å². The van der Waals surface area contributed by atoms with Crippen LogP contribution in [0.4, 0.5) is 0 Å². The Labute approximate surface area is 84.6 Å². The van der Waals surface area contributed by atoms with E-state index in [9.17, 15) is 20.2 Å². The number of hydrogen-bond acceptors (Lipinski definition) is 5. The summed E-state index contributed by atoms with van der Waals surface area (Å²) in [5.74, 6) is 0. The molecule has 0 saturated carbocycles. The number of hydrogen-bond donors (Lipinski definition) is 2. The van der Waals surface area contributed by atoms with Crippen LogP contribution in [-0.4, -0.2) is 22.5 Å². The SMILES string of the molecule is C=CC(N[N+](=O)[O-])OC(C=C)N[N+](=O)[O-]. The molecule has 2 atom stereocenters. The summed E-state index contributed by atoms with van der Waals surface area (Å²) >= 11 is 0. The van der Waals surface area contributed by atoms with Crippen molar-refractivity contribution in [2.24, 2.45) is 0 Å². The highest BCUT2D eigenvalue weighted by Gasteiger charge is 2.17. The van der Waals surface area contributed by atoms with Crippen LogP contribution >= 0.6 is 0 Å². The van der Waals surface area contributed by atoms with Crippen LogP contribution < -0.4 is 10.9 Å². The fraction of sp³-hybridized carbons (Fsp3) is 0.333. The first-order chi connectivity index (χ1) is 6.99. The van der Waals surface area contributed by atoms with Crippen molar-refractivity contribution >= 4 is 0 Å². The zero-order valence-corrected chi connectivity index (χ0v) is 7.66. The van der Waals surface area contributed by atoms with Crippen molar-refractivity contribution in [3.05, 3.63) is 45.5 Å². The smallest absolute Gasteiger partial charge is 0.205 e. The predicted octanol–water partition coefficient (Wildman–Crippen LogP) is -0.410. The molecule has 0 radical (unpaired) electrons. The summed E-state index contributed by atoms with van der Waals surface area (Å²) in [6, 6.07) is 0. The van der Waals surface area contributed by atoms with E-state index in [1.54, 1.807) is 10.9 Å². The molecule has 0 aliphatic carbocycles. The Hall–Kier alpha value is -2.16. The van der Waals surface area contributed by atoms with Crippen LogP contribution in [0.15, 0.2) is 25.3 Å². The second-order valence-corrected chi connectivity index (χ2v) is 2.22. The molecule has 0 amide bonds. The van der Waals surface area contributed by atoms with E-state index in [-0.39, 0.29) is 0 Å². The summed E-state index contributed by atoms with van der Waals surface area (Å²) in [7, 11) is 0. The molecule has 0 spiro atoms. The molecule has 15 heavy (non-hydrogen) atoms. The molecule has 0 aromatic heterocycles. The first kappa shape index (κ1) is 12.8. The Morgan fingerprint density at radius 2 is 1.40 bits per heavy atom. The first-order valence-electron chi connectivity index (χ1n) is 3.71. The highest BCUT2D eigenvalue weighted by molar-refractivity contribution is 4.81. The van der Waals surface area contributed by atoms with E-state index < -0.39 is 22.5 Å². The quantitative estimate of drug-likeness (QED) is 0.246. The molecule has 0 aliphatic rings. The minimum absolute atomic E-state index is 0.849. The van der Waals surface area contributed by atoms with Gasteiger partial charge in [0.15, 0.2) is 10.1 Å². The van der Waals surface area contributed by atoms with Crippen LogP contribution in [0.25, 0.3) is 0 Å². The van der Waals surface area contributed by atoms with E-state index in [0.29, 0.717) is 0 Å². The average Bonchev–Trinajstić information content (AvgIpc) is 2.14. The number of hydrazine groups is 2. The van der Waals surface area contributed by atoms with Crippen molar-refractivity contribution in [1.29, 1.82) is 0 Å². The Bertz CT molecular complexity index is 242. The molecule has 84 valence electrons. The van der Waals surface area contributed by atoms with Crippen LogP contribution in [0.5, 0.6) is 0 Å². The van der Waals surface area contributed by atoms with Gasteiger partial charge in [0.2, 0.25) is 12.5 Å². The fourth-order valence-electron chi connectivity index (χ4n) is 0.643. The molecule has 2 N–H and O–H groups in total. The van der Waals surface area contributed by atoms with Crippen molar-refractivity contribution in [1.82, 2.24) is 10.9 Å². The third-order valence-corrected chi connectivity index (χ3v) is 1.19. The molecule has 0 fully saturated rings. The molecule has 0 aromatic carbocycles. The van der Waals surface area contributed by atoms with E-state index in [2.05, 4.69) is 13.2 Å². The van der Waals surface area contributed by atoms with Crippen molar-refractivity contribution in [2.45, 2.75) is 12.5 Å². The molecule has 0 saturated heterocycles. The Balaban J connectivity index is 4.22. The van der Waals surface area contributed by atoms with Gasteiger partial charge in [-0.2, -0.15) is 0 Å².